The van der Waals surface area contributed by atoms with Gasteiger partial charge in [-0.05, 0) is 42.8 Å². The lowest BCUT2D eigenvalue weighted by Crippen LogP contribution is -2.31. The monoisotopic (exact) mass is 399 g/mol. The number of aromatic nitrogens is 2. The Morgan fingerprint density at radius 3 is 2.76 bits per heavy atom. The molecule has 0 saturated carbocycles. The highest BCUT2D eigenvalue weighted by Crippen LogP contribution is 2.18. The summed E-state index contributed by atoms with van der Waals surface area (Å²) in [5.74, 6) is 0.494. The molecule has 1 N–H and O–H groups in total. The molecule has 0 spiro atoms. The van der Waals surface area contributed by atoms with Crippen LogP contribution in [0.25, 0.3) is 5.69 Å². The summed E-state index contributed by atoms with van der Waals surface area (Å²) in [4.78, 5) is 16.1. The van der Waals surface area contributed by atoms with Crippen LogP contribution < -0.4 is 10.1 Å². The van der Waals surface area contributed by atoms with Gasteiger partial charge in [0, 0.05) is 22.6 Å². The van der Waals surface area contributed by atoms with Crippen LogP contribution in [0.15, 0.2) is 71.7 Å². The molecular formula is C19H18BrN3O2. The molecular weight excluding hydrogens is 382 g/mol. The number of ether oxygens (including phenoxy) is 1. The van der Waals surface area contributed by atoms with E-state index in [0.717, 1.165) is 15.7 Å². The zero-order chi connectivity index (χ0) is 17.6. The lowest BCUT2D eigenvalue weighted by molar-refractivity contribution is -0.123. The molecule has 0 bridgehead atoms. The largest absolute Gasteiger partial charge is 0.484 e. The van der Waals surface area contributed by atoms with E-state index in [4.69, 9.17) is 4.74 Å². The van der Waals surface area contributed by atoms with Crippen molar-refractivity contribution in [1.82, 2.24) is 14.9 Å². The van der Waals surface area contributed by atoms with Crippen molar-refractivity contribution < 1.29 is 9.53 Å². The van der Waals surface area contributed by atoms with E-state index in [1.807, 2.05) is 66.2 Å². The molecule has 1 atom stereocenters. The smallest absolute Gasteiger partial charge is 0.258 e. The van der Waals surface area contributed by atoms with Crippen LogP contribution in [0.1, 0.15) is 18.5 Å². The van der Waals surface area contributed by atoms with Crippen molar-refractivity contribution in [3.8, 4) is 11.4 Å². The van der Waals surface area contributed by atoms with Crippen molar-refractivity contribution in [1.29, 1.82) is 0 Å². The van der Waals surface area contributed by atoms with Gasteiger partial charge in [0.25, 0.3) is 5.91 Å². The van der Waals surface area contributed by atoms with E-state index in [1.54, 1.807) is 12.5 Å². The van der Waals surface area contributed by atoms with E-state index >= 15 is 0 Å². The molecule has 0 aliphatic heterocycles. The number of carbonyl (C=O) groups excluding carboxylic acids is 1. The van der Waals surface area contributed by atoms with E-state index in [1.165, 1.54) is 0 Å². The van der Waals surface area contributed by atoms with E-state index in [0.29, 0.717) is 5.75 Å². The van der Waals surface area contributed by atoms with Gasteiger partial charge >= 0.3 is 0 Å². The van der Waals surface area contributed by atoms with Crippen molar-refractivity contribution in [2.24, 2.45) is 0 Å². The maximum absolute atomic E-state index is 12.1. The molecule has 0 fully saturated rings. The van der Waals surface area contributed by atoms with Crippen molar-refractivity contribution in [3.63, 3.8) is 0 Å². The third-order valence-corrected chi connectivity index (χ3v) is 4.23. The summed E-state index contributed by atoms with van der Waals surface area (Å²) < 4.78 is 8.34. The molecule has 0 saturated heterocycles. The van der Waals surface area contributed by atoms with Crippen LogP contribution in [0, 0.1) is 0 Å². The highest BCUT2D eigenvalue weighted by Gasteiger charge is 2.10. The Morgan fingerprint density at radius 2 is 2.08 bits per heavy atom. The average Bonchev–Trinajstić information content (AvgIpc) is 3.15. The van der Waals surface area contributed by atoms with Gasteiger partial charge in [-0.3, -0.25) is 4.79 Å². The second-order valence-electron chi connectivity index (χ2n) is 5.60. The zero-order valence-electron chi connectivity index (χ0n) is 13.7. The van der Waals surface area contributed by atoms with Crippen LogP contribution in [0.3, 0.4) is 0 Å². The van der Waals surface area contributed by atoms with Gasteiger partial charge in [-0.25, -0.2) is 4.98 Å². The average molecular weight is 400 g/mol. The van der Waals surface area contributed by atoms with Gasteiger partial charge in [-0.2, -0.15) is 0 Å². The van der Waals surface area contributed by atoms with E-state index in [9.17, 15) is 4.79 Å². The Hall–Kier alpha value is -2.60. The number of amides is 1. The fourth-order valence-electron chi connectivity index (χ4n) is 2.42. The molecule has 1 heterocycles. The molecule has 5 nitrogen and oxygen atoms in total. The number of nitrogens with one attached hydrogen (secondary N) is 1. The molecule has 2 aromatic carbocycles. The lowest BCUT2D eigenvalue weighted by Gasteiger charge is -2.15. The van der Waals surface area contributed by atoms with E-state index in [-0.39, 0.29) is 18.6 Å². The molecule has 25 heavy (non-hydrogen) atoms. The van der Waals surface area contributed by atoms with Crippen LogP contribution in [0.5, 0.6) is 5.75 Å². The summed E-state index contributed by atoms with van der Waals surface area (Å²) in [5, 5.41) is 2.94. The number of hydrogen-bond donors (Lipinski definition) is 1. The molecule has 1 amide bonds. The van der Waals surface area contributed by atoms with Gasteiger partial charge in [0.2, 0.25) is 0 Å². The molecule has 6 heteroatoms. The number of hydrogen-bond acceptors (Lipinski definition) is 3. The minimum atomic E-state index is -0.161. The number of halogens is 1. The van der Waals surface area contributed by atoms with Gasteiger partial charge in [0.15, 0.2) is 6.61 Å². The summed E-state index contributed by atoms with van der Waals surface area (Å²) in [6, 6.07) is 15.3. The Balaban J connectivity index is 1.54. The second-order valence-corrected chi connectivity index (χ2v) is 6.51. The van der Waals surface area contributed by atoms with E-state index in [2.05, 4.69) is 26.2 Å². The van der Waals surface area contributed by atoms with Gasteiger partial charge in [0.05, 0.1) is 12.4 Å². The minimum absolute atomic E-state index is 0.0199. The molecule has 0 aliphatic rings. The quantitative estimate of drug-likeness (QED) is 0.683. The summed E-state index contributed by atoms with van der Waals surface area (Å²) >= 11 is 3.37. The zero-order valence-corrected chi connectivity index (χ0v) is 15.3. The van der Waals surface area contributed by atoms with Crippen molar-refractivity contribution in [3.05, 3.63) is 77.3 Å². The first-order valence-corrected chi connectivity index (χ1v) is 8.67. The van der Waals surface area contributed by atoms with Crippen molar-refractivity contribution >= 4 is 21.8 Å². The fraction of sp³-hybridized carbons (Fsp3) is 0.158. The normalized spacial score (nSPS) is 11.8. The first-order valence-electron chi connectivity index (χ1n) is 7.88. The summed E-state index contributed by atoms with van der Waals surface area (Å²) in [7, 11) is 0. The van der Waals surface area contributed by atoms with Gasteiger partial charge in [-0.15, -0.1) is 0 Å². The van der Waals surface area contributed by atoms with Crippen LogP contribution in [0.2, 0.25) is 0 Å². The predicted octanol–water partition coefficient (Wildman–Crippen LogP) is 3.89. The number of nitrogens with zero attached hydrogens (tertiary/aromatic N) is 2. The maximum Gasteiger partial charge on any atom is 0.258 e. The van der Waals surface area contributed by atoms with E-state index < -0.39 is 0 Å². The van der Waals surface area contributed by atoms with Crippen LogP contribution >= 0.6 is 15.9 Å². The third-order valence-electron chi connectivity index (χ3n) is 3.74. The second kappa shape index (κ2) is 7.98. The maximum atomic E-state index is 12.1. The van der Waals surface area contributed by atoms with Crippen LogP contribution in [-0.2, 0) is 4.79 Å². The molecule has 1 unspecified atom stereocenters. The lowest BCUT2D eigenvalue weighted by atomic mass is 10.1. The molecule has 128 valence electrons. The summed E-state index contributed by atoms with van der Waals surface area (Å²) in [6.07, 6.45) is 5.38. The third kappa shape index (κ3) is 4.70. The number of benzene rings is 2. The summed E-state index contributed by atoms with van der Waals surface area (Å²) in [6.45, 7) is 1.93. The van der Waals surface area contributed by atoms with Crippen molar-refractivity contribution in [2.75, 3.05) is 6.61 Å². The SMILES string of the molecule is CC(NC(=O)COc1cccc(Br)c1)c1ccc(-n2ccnc2)cc1. The fourth-order valence-corrected chi connectivity index (χ4v) is 2.80. The Kier molecular flexibility index (Phi) is 5.50. The molecule has 0 radical (unpaired) electrons. The number of carbonyl (C=O) groups is 1. The van der Waals surface area contributed by atoms with Gasteiger partial charge in [0.1, 0.15) is 5.75 Å². The van der Waals surface area contributed by atoms with Gasteiger partial charge < -0.3 is 14.6 Å². The molecule has 0 aliphatic carbocycles. The Morgan fingerprint density at radius 1 is 1.28 bits per heavy atom. The van der Waals surface area contributed by atoms with Crippen LogP contribution in [-0.4, -0.2) is 22.1 Å². The molecule has 1 aromatic heterocycles. The number of rotatable bonds is 6. The predicted molar refractivity (Wildman–Crippen MR) is 99.8 cm³/mol. The van der Waals surface area contributed by atoms with Crippen molar-refractivity contribution in [2.45, 2.75) is 13.0 Å². The van der Waals surface area contributed by atoms with Crippen LogP contribution in [0.4, 0.5) is 0 Å². The molecule has 3 rings (SSSR count). The minimum Gasteiger partial charge on any atom is -0.484 e. The standard InChI is InChI=1S/C19H18BrN3O2/c1-14(15-5-7-17(8-6-15)23-10-9-21-13-23)22-19(24)12-25-18-4-2-3-16(20)11-18/h2-11,13-14H,12H2,1H3,(H,22,24). The Labute approximate surface area is 154 Å². The van der Waals surface area contributed by atoms with Gasteiger partial charge in [-0.1, -0.05) is 34.1 Å². The Bertz CT molecular complexity index is 832. The topological polar surface area (TPSA) is 56.1 Å². The highest BCUT2D eigenvalue weighted by molar-refractivity contribution is 9.10. The first kappa shape index (κ1) is 17.2. The number of imidazole rings is 1. The molecule has 3 aromatic rings. The highest BCUT2D eigenvalue weighted by atomic mass is 79.9. The summed E-state index contributed by atoms with van der Waals surface area (Å²) in [5.41, 5.74) is 2.05. The first-order chi connectivity index (χ1) is 12.1.